The van der Waals surface area contributed by atoms with Gasteiger partial charge in [0, 0.05) is 22.3 Å². The Morgan fingerprint density at radius 3 is 2.42 bits per heavy atom. The highest BCUT2D eigenvalue weighted by Gasteiger charge is 2.12. The van der Waals surface area contributed by atoms with E-state index >= 15 is 0 Å². The summed E-state index contributed by atoms with van der Waals surface area (Å²) in [4.78, 5) is 12.2. The van der Waals surface area contributed by atoms with E-state index in [1.165, 1.54) is 6.07 Å². The minimum absolute atomic E-state index is 0.292. The molecule has 0 atom stereocenters. The van der Waals surface area contributed by atoms with Crippen LogP contribution in [0.4, 0.5) is 5.82 Å². The highest BCUT2D eigenvalue weighted by molar-refractivity contribution is 6.37. The van der Waals surface area contributed by atoms with E-state index in [2.05, 4.69) is 10.4 Å². The maximum absolute atomic E-state index is 12.2. The predicted molar refractivity (Wildman–Crippen MR) is 97.2 cm³/mol. The third kappa shape index (κ3) is 4.09. The van der Waals surface area contributed by atoms with Crippen LogP contribution in [0.3, 0.4) is 0 Å². The Kier molecular flexibility index (Phi) is 5.09. The zero-order valence-electron chi connectivity index (χ0n) is 12.3. The lowest BCUT2D eigenvalue weighted by atomic mass is 10.2. The number of halogens is 3. The Hall–Kier alpha value is -2.01. The fourth-order valence-electron chi connectivity index (χ4n) is 2.15. The lowest BCUT2D eigenvalue weighted by molar-refractivity contribution is 0.102. The van der Waals surface area contributed by atoms with Crippen LogP contribution in [-0.2, 0) is 6.54 Å². The number of hydrogen-bond acceptors (Lipinski definition) is 2. The molecular weight excluding hydrogens is 369 g/mol. The smallest absolute Gasteiger partial charge is 0.258 e. The molecule has 0 fully saturated rings. The molecule has 0 saturated heterocycles. The summed E-state index contributed by atoms with van der Waals surface area (Å²) < 4.78 is 1.72. The van der Waals surface area contributed by atoms with Gasteiger partial charge in [-0.25, -0.2) is 0 Å². The van der Waals surface area contributed by atoms with Gasteiger partial charge in [-0.2, -0.15) is 5.10 Å². The number of benzene rings is 2. The summed E-state index contributed by atoms with van der Waals surface area (Å²) >= 11 is 17.7. The molecule has 1 aromatic heterocycles. The van der Waals surface area contributed by atoms with Gasteiger partial charge in [0.1, 0.15) is 0 Å². The number of aromatic nitrogens is 2. The van der Waals surface area contributed by atoms with Crippen LogP contribution in [0.15, 0.2) is 54.7 Å². The number of carbonyl (C=O) groups is 1. The molecule has 0 aliphatic rings. The van der Waals surface area contributed by atoms with Crippen molar-refractivity contribution in [2.75, 3.05) is 5.32 Å². The van der Waals surface area contributed by atoms with Crippen LogP contribution in [0.1, 0.15) is 15.9 Å². The summed E-state index contributed by atoms with van der Waals surface area (Å²) in [5.74, 6) is 0.105. The fraction of sp³-hybridized carbons (Fsp3) is 0.0588. The molecule has 0 radical (unpaired) electrons. The molecule has 0 saturated carbocycles. The molecule has 0 unspecified atom stereocenters. The standard InChI is InChI=1S/C17H12Cl3N3O/c18-12-3-1-11(2-4-12)10-23-8-7-16(22-23)21-17(24)14-6-5-13(19)9-15(14)20/h1-9H,10H2,(H,21,22,24). The summed E-state index contributed by atoms with van der Waals surface area (Å²) in [5, 5.41) is 8.49. The van der Waals surface area contributed by atoms with Crippen molar-refractivity contribution in [2.45, 2.75) is 6.54 Å². The van der Waals surface area contributed by atoms with E-state index in [-0.39, 0.29) is 5.91 Å². The molecule has 122 valence electrons. The molecule has 1 amide bonds. The van der Waals surface area contributed by atoms with Crippen LogP contribution < -0.4 is 5.32 Å². The van der Waals surface area contributed by atoms with Gasteiger partial charge in [-0.15, -0.1) is 0 Å². The molecule has 7 heteroatoms. The normalized spacial score (nSPS) is 10.6. The third-order valence-electron chi connectivity index (χ3n) is 3.32. The predicted octanol–water partition coefficient (Wildman–Crippen LogP) is 5.14. The van der Waals surface area contributed by atoms with E-state index in [0.717, 1.165) is 5.56 Å². The molecular formula is C17H12Cl3N3O. The molecule has 1 heterocycles. The number of amides is 1. The van der Waals surface area contributed by atoms with Gasteiger partial charge in [0.15, 0.2) is 5.82 Å². The quantitative estimate of drug-likeness (QED) is 0.681. The number of nitrogens with one attached hydrogen (secondary N) is 1. The van der Waals surface area contributed by atoms with Crippen molar-refractivity contribution in [2.24, 2.45) is 0 Å². The Balaban J connectivity index is 1.69. The second kappa shape index (κ2) is 7.26. The van der Waals surface area contributed by atoms with E-state index < -0.39 is 0 Å². The molecule has 0 aliphatic carbocycles. The summed E-state index contributed by atoms with van der Waals surface area (Å²) in [7, 11) is 0. The van der Waals surface area contributed by atoms with Crippen LogP contribution in [0.25, 0.3) is 0 Å². The number of carbonyl (C=O) groups excluding carboxylic acids is 1. The zero-order valence-corrected chi connectivity index (χ0v) is 14.6. The van der Waals surface area contributed by atoms with Crippen LogP contribution in [0, 0.1) is 0 Å². The van der Waals surface area contributed by atoms with Crippen molar-refractivity contribution in [1.29, 1.82) is 0 Å². The minimum Gasteiger partial charge on any atom is -0.305 e. The molecule has 4 nitrogen and oxygen atoms in total. The van der Waals surface area contributed by atoms with Gasteiger partial charge in [-0.05, 0) is 35.9 Å². The maximum Gasteiger partial charge on any atom is 0.258 e. The number of nitrogens with zero attached hydrogens (tertiary/aromatic N) is 2. The van der Waals surface area contributed by atoms with Crippen LogP contribution in [-0.4, -0.2) is 15.7 Å². The van der Waals surface area contributed by atoms with Crippen LogP contribution in [0.5, 0.6) is 0 Å². The average molecular weight is 381 g/mol. The summed E-state index contributed by atoms with van der Waals surface area (Å²) in [5.41, 5.74) is 1.40. The monoisotopic (exact) mass is 379 g/mol. The first-order valence-corrected chi connectivity index (χ1v) is 8.19. The lowest BCUT2D eigenvalue weighted by Crippen LogP contribution is -2.13. The first-order valence-electron chi connectivity index (χ1n) is 7.05. The summed E-state index contributed by atoms with van der Waals surface area (Å²) in [6.45, 7) is 0.578. The summed E-state index contributed by atoms with van der Waals surface area (Å²) in [6, 6.07) is 13.9. The average Bonchev–Trinajstić information content (AvgIpc) is 2.96. The van der Waals surface area contributed by atoms with Crippen molar-refractivity contribution in [1.82, 2.24) is 9.78 Å². The van der Waals surface area contributed by atoms with Crippen LogP contribution in [0.2, 0.25) is 15.1 Å². The fourth-order valence-corrected chi connectivity index (χ4v) is 2.77. The largest absolute Gasteiger partial charge is 0.305 e. The molecule has 2 aromatic carbocycles. The molecule has 24 heavy (non-hydrogen) atoms. The number of rotatable bonds is 4. The van der Waals surface area contributed by atoms with Gasteiger partial charge in [0.05, 0.1) is 17.1 Å². The van der Waals surface area contributed by atoms with Crippen molar-refractivity contribution in [3.8, 4) is 0 Å². The highest BCUT2D eigenvalue weighted by Crippen LogP contribution is 2.22. The van der Waals surface area contributed by atoms with Gasteiger partial charge < -0.3 is 5.32 Å². The van der Waals surface area contributed by atoms with Crippen molar-refractivity contribution in [3.63, 3.8) is 0 Å². The summed E-state index contributed by atoms with van der Waals surface area (Å²) in [6.07, 6.45) is 1.79. The first-order chi connectivity index (χ1) is 11.5. The van der Waals surface area contributed by atoms with Crippen LogP contribution >= 0.6 is 34.8 Å². The van der Waals surface area contributed by atoms with Gasteiger partial charge >= 0.3 is 0 Å². The van der Waals surface area contributed by atoms with E-state index in [9.17, 15) is 4.79 Å². The molecule has 3 rings (SSSR count). The van der Waals surface area contributed by atoms with Gasteiger partial charge in [-0.1, -0.05) is 46.9 Å². The first kappa shape index (κ1) is 16.8. The third-order valence-corrected chi connectivity index (χ3v) is 4.12. The van der Waals surface area contributed by atoms with Gasteiger partial charge in [0.25, 0.3) is 5.91 Å². The SMILES string of the molecule is O=C(Nc1ccn(Cc2ccc(Cl)cc2)n1)c1ccc(Cl)cc1Cl. The highest BCUT2D eigenvalue weighted by atomic mass is 35.5. The molecule has 3 aromatic rings. The topological polar surface area (TPSA) is 46.9 Å². The van der Waals surface area contributed by atoms with E-state index in [0.29, 0.717) is 33.0 Å². The molecule has 0 spiro atoms. The molecule has 0 bridgehead atoms. The Bertz CT molecular complexity index is 875. The lowest BCUT2D eigenvalue weighted by Gasteiger charge is -2.05. The van der Waals surface area contributed by atoms with E-state index in [4.69, 9.17) is 34.8 Å². The zero-order chi connectivity index (χ0) is 17.1. The van der Waals surface area contributed by atoms with Gasteiger partial charge in [0.2, 0.25) is 0 Å². The van der Waals surface area contributed by atoms with E-state index in [1.807, 2.05) is 24.3 Å². The Morgan fingerprint density at radius 2 is 1.71 bits per heavy atom. The Labute approximate surface area is 154 Å². The molecule has 0 aliphatic heterocycles. The second-order valence-electron chi connectivity index (χ2n) is 5.10. The van der Waals surface area contributed by atoms with Crippen molar-refractivity contribution in [3.05, 3.63) is 80.9 Å². The minimum atomic E-state index is -0.339. The Morgan fingerprint density at radius 1 is 1.00 bits per heavy atom. The second-order valence-corrected chi connectivity index (χ2v) is 6.38. The maximum atomic E-state index is 12.2. The van der Waals surface area contributed by atoms with Gasteiger partial charge in [-0.3, -0.25) is 9.48 Å². The van der Waals surface area contributed by atoms with Crippen molar-refractivity contribution < 1.29 is 4.79 Å². The molecule has 1 N–H and O–H groups in total. The van der Waals surface area contributed by atoms with Crippen molar-refractivity contribution >= 4 is 46.5 Å². The number of anilines is 1. The van der Waals surface area contributed by atoms with E-state index in [1.54, 1.807) is 29.1 Å². The number of hydrogen-bond donors (Lipinski definition) is 1.